The van der Waals surface area contributed by atoms with Crippen molar-refractivity contribution in [2.75, 3.05) is 0 Å². The predicted octanol–water partition coefficient (Wildman–Crippen LogP) is 5.27. The van der Waals surface area contributed by atoms with Crippen molar-refractivity contribution >= 4 is 23.2 Å². The fourth-order valence-corrected chi connectivity index (χ4v) is 2.48. The second kappa shape index (κ2) is 6.27. The molecule has 0 heterocycles. The molecular weight excluding hydrogens is 286 g/mol. The van der Waals surface area contributed by atoms with Crippen molar-refractivity contribution in [3.05, 3.63) is 63.4 Å². The van der Waals surface area contributed by atoms with E-state index in [1.807, 2.05) is 37.3 Å². The van der Waals surface area contributed by atoms with Crippen LogP contribution in [0.3, 0.4) is 0 Å². The van der Waals surface area contributed by atoms with Gasteiger partial charge < -0.3 is 4.74 Å². The van der Waals surface area contributed by atoms with Gasteiger partial charge in [-0.15, -0.1) is 0 Å². The van der Waals surface area contributed by atoms with Crippen LogP contribution in [0.15, 0.2) is 36.4 Å². The average Bonchev–Trinajstić information content (AvgIpc) is 2.43. The Morgan fingerprint density at radius 3 is 2.47 bits per heavy atom. The maximum atomic E-state index is 14.0. The van der Waals surface area contributed by atoms with Gasteiger partial charge in [0.2, 0.25) is 0 Å². The molecule has 0 aliphatic heterocycles. The van der Waals surface area contributed by atoms with Crippen LogP contribution >= 0.6 is 23.2 Å². The molecule has 1 nitrogen and oxygen atoms in total. The molecule has 2 aromatic rings. The van der Waals surface area contributed by atoms with Crippen LogP contribution in [0.1, 0.15) is 18.1 Å². The van der Waals surface area contributed by atoms with Crippen molar-refractivity contribution in [2.45, 2.75) is 20.0 Å². The number of hydrogen-bond acceptors (Lipinski definition) is 1. The second-order valence-electron chi connectivity index (χ2n) is 4.09. The molecule has 19 heavy (non-hydrogen) atoms. The zero-order chi connectivity index (χ0) is 13.8. The Bertz CT molecular complexity index is 570. The summed E-state index contributed by atoms with van der Waals surface area (Å²) in [6.07, 6.45) is 0.577. The third-order valence-corrected chi connectivity index (χ3v) is 3.54. The van der Waals surface area contributed by atoms with Gasteiger partial charge in [0.1, 0.15) is 6.61 Å². The summed E-state index contributed by atoms with van der Waals surface area (Å²) in [6, 6.07) is 11.0. The molecule has 0 bridgehead atoms. The normalized spacial score (nSPS) is 10.5. The summed E-state index contributed by atoms with van der Waals surface area (Å²) in [5, 5.41) is 0.468. The molecule has 4 heteroatoms. The van der Waals surface area contributed by atoms with Gasteiger partial charge in [-0.25, -0.2) is 4.39 Å². The molecule has 0 saturated heterocycles. The monoisotopic (exact) mass is 298 g/mol. The summed E-state index contributed by atoms with van der Waals surface area (Å²) < 4.78 is 19.5. The van der Waals surface area contributed by atoms with E-state index in [-0.39, 0.29) is 17.4 Å². The fraction of sp³-hybridized carbons (Fsp3) is 0.200. The molecule has 0 amide bonds. The SMILES string of the molecule is CCc1c(Cl)cc(OCc2ccccc2)c(F)c1Cl. The lowest BCUT2D eigenvalue weighted by Crippen LogP contribution is -1.99. The molecule has 0 unspecified atom stereocenters. The summed E-state index contributed by atoms with van der Waals surface area (Å²) in [4.78, 5) is 0. The van der Waals surface area contributed by atoms with Gasteiger partial charge in [0.05, 0.1) is 5.02 Å². The van der Waals surface area contributed by atoms with Gasteiger partial charge in [0.15, 0.2) is 11.6 Å². The molecule has 0 saturated carbocycles. The summed E-state index contributed by atoms with van der Waals surface area (Å²) in [6.45, 7) is 2.15. The molecule has 0 fully saturated rings. The molecule has 0 aromatic heterocycles. The topological polar surface area (TPSA) is 9.23 Å². The minimum absolute atomic E-state index is 0.0399. The summed E-state index contributed by atoms with van der Waals surface area (Å²) in [7, 11) is 0. The molecule has 0 aliphatic rings. The average molecular weight is 299 g/mol. The molecule has 2 rings (SSSR count). The summed E-state index contributed by atoms with van der Waals surface area (Å²) in [5.74, 6) is -0.477. The predicted molar refractivity (Wildman–Crippen MR) is 76.6 cm³/mol. The van der Waals surface area contributed by atoms with E-state index in [1.165, 1.54) is 6.07 Å². The van der Waals surface area contributed by atoms with E-state index < -0.39 is 5.82 Å². The Morgan fingerprint density at radius 2 is 1.84 bits per heavy atom. The largest absolute Gasteiger partial charge is 0.486 e. The highest BCUT2D eigenvalue weighted by Gasteiger charge is 2.15. The zero-order valence-corrected chi connectivity index (χ0v) is 11.9. The number of hydrogen-bond donors (Lipinski definition) is 0. The Balaban J connectivity index is 2.22. The van der Waals surface area contributed by atoms with Gasteiger partial charge in [-0.05, 0) is 17.5 Å². The Kier molecular flexibility index (Phi) is 4.67. The van der Waals surface area contributed by atoms with Crippen molar-refractivity contribution < 1.29 is 9.13 Å². The van der Waals surface area contributed by atoms with Gasteiger partial charge in [-0.3, -0.25) is 0 Å². The summed E-state index contributed by atoms with van der Waals surface area (Å²) in [5.41, 5.74) is 1.56. The van der Waals surface area contributed by atoms with Gasteiger partial charge in [0.25, 0.3) is 0 Å². The molecule has 0 N–H and O–H groups in total. The highest BCUT2D eigenvalue weighted by atomic mass is 35.5. The maximum absolute atomic E-state index is 14.0. The Labute approximate surface area is 121 Å². The molecule has 0 spiro atoms. The Hall–Kier alpha value is -1.25. The first-order chi connectivity index (χ1) is 9.13. The van der Waals surface area contributed by atoms with E-state index in [4.69, 9.17) is 27.9 Å². The molecular formula is C15H13Cl2FO. The lowest BCUT2D eigenvalue weighted by Gasteiger charge is -2.12. The number of ether oxygens (including phenoxy) is 1. The first-order valence-electron chi connectivity index (χ1n) is 5.96. The van der Waals surface area contributed by atoms with Crippen LogP contribution in [0.25, 0.3) is 0 Å². The van der Waals surface area contributed by atoms with Crippen LogP contribution in [0, 0.1) is 5.82 Å². The lowest BCUT2D eigenvalue weighted by atomic mass is 10.1. The Morgan fingerprint density at radius 1 is 1.16 bits per heavy atom. The number of benzene rings is 2. The van der Waals surface area contributed by atoms with Crippen LogP contribution in [0.2, 0.25) is 10.0 Å². The minimum atomic E-state index is -0.557. The highest BCUT2D eigenvalue weighted by Crippen LogP contribution is 2.34. The lowest BCUT2D eigenvalue weighted by molar-refractivity contribution is 0.290. The molecule has 100 valence electrons. The maximum Gasteiger partial charge on any atom is 0.184 e. The van der Waals surface area contributed by atoms with Gasteiger partial charge in [-0.1, -0.05) is 60.5 Å². The zero-order valence-electron chi connectivity index (χ0n) is 10.4. The van der Waals surface area contributed by atoms with E-state index in [2.05, 4.69) is 0 Å². The summed E-state index contributed by atoms with van der Waals surface area (Å²) >= 11 is 12.0. The van der Waals surface area contributed by atoms with Crippen molar-refractivity contribution in [2.24, 2.45) is 0 Å². The first-order valence-corrected chi connectivity index (χ1v) is 6.72. The number of rotatable bonds is 4. The van der Waals surface area contributed by atoms with E-state index in [1.54, 1.807) is 0 Å². The van der Waals surface area contributed by atoms with E-state index >= 15 is 0 Å². The first kappa shape index (κ1) is 14.2. The van der Waals surface area contributed by atoms with Crippen molar-refractivity contribution in [3.8, 4) is 5.75 Å². The second-order valence-corrected chi connectivity index (χ2v) is 4.88. The third-order valence-electron chi connectivity index (χ3n) is 2.81. The van der Waals surface area contributed by atoms with Crippen LogP contribution < -0.4 is 4.74 Å². The molecule has 0 radical (unpaired) electrons. The smallest absolute Gasteiger partial charge is 0.184 e. The van der Waals surface area contributed by atoms with Crippen LogP contribution in [0.5, 0.6) is 5.75 Å². The van der Waals surface area contributed by atoms with E-state index in [0.29, 0.717) is 17.0 Å². The van der Waals surface area contributed by atoms with E-state index in [0.717, 1.165) is 5.56 Å². The highest BCUT2D eigenvalue weighted by molar-refractivity contribution is 6.36. The van der Waals surface area contributed by atoms with Crippen LogP contribution in [0.4, 0.5) is 4.39 Å². The van der Waals surface area contributed by atoms with Gasteiger partial charge >= 0.3 is 0 Å². The van der Waals surface area contributed by atoms with Crippen molar-refractivity contribution in [1.82, 2.24) is 0 Å². The van der Waals surface area contributed by atoms with Crippen LogP contribution in [-0.2, 0) is 13.0 Å². The fourth-order valence-electron chi connectivity index (χ4n) is 1.78. The van der Waals surface area contributed by atoms with Crippen molar-refractivity contribution in [1.29, 1.82) is 0 Å². The van der Waals surface area contributed by atoms with Crippen molar-refractivity contribution in [3.63, 3.8) is 0 Å². The third kappa shape index (κ3) is 3.20. The molecule has 0 aliphatic carbocycles. The number of halogens is 3. The molecule has 0 atom stereocenters. The van der Waals surface area contributed by atoms with Gasteiger partial charge in [-0.2, -0.15) is 0 Å². The molecule has 2 aromatic carbocycles. The standard InChI is InChI=1S/C15H13Cl2FO/c1-2-11-12(16)8-13(15(18)14(11)17)19-9-10-6-4-3-5-7-10/h3-8H,2,9H2,1H3. The quantitative estimate of drug-likeness (QED) is 0.698. The minimum Gasteiger partial charge on any atom is -0.486 e. The van der Waals surface area contributed by atoms with Crippen LogP contribution in [-0.4, -0.2) is 0 Å². The van der Waals surface area contributed by atoms with Gasteiger partial charge in [0, 0.05) is 11.1 Å². The van der Waals surface area contributed by atoms with E-state index in [9.17, 15) is 4.39 Å².